The summed E-state index contributed by atoms with van der Waals surface area (Å²) in [5, 5.41) is 4.71. The second-order valence-corrected chi connectivity index (χ2v) is 6.24. The van der Waals surface area contributed by atoms with Crippen molar-refractivity contribution in [1.82, 2.24) is 14.7 Å². The lowest BCUT2D eigenvalue weighted by atomic mass is 10.3. The maximum atomic E-state index is 12.0. The third-order valence-electron chi connectivity index (χ3n) is 2.45. The summed E-state index contributed by atoms with van der Waals surface area (Å²) in [6.07, 6.45) is 2.04. The standard InChI is InChI=1S/C11H14N4O2S2/c1-12-11-6-10(3-4-13-11)19(16,17)15-5-2-9-7-18-8-14-9/h3-4,6-8,15H,2,5H2,1H3,(H,12,13). The number of nitrogens with one attached hydrogen (secondary N) is 2. The fraction of sp³-hybridized carbons (Fsp3) is 0.273. The molecule has 0 bridgehead atoms. The van der Waals surface area contributed by atoms with Crippen molar-refractivity contribution in [2.24, 2.45) is 0 Å². The van der Waals surface area contributed by atoms with Crippen LogP contribution < -0.4 is 10.0 Å². The van der Waals surface area contributed by atoms with E-state index in [1.54, 1.807) is 12.6 Å². The summed E-state index contributed by atoms with van der Waals surface area (Å²) in [5.41, 5.74) is 2.62. The number of pyridine rings is 1. The van der Waals surface area contributed by atoms with Crippen molar-refractivity contribution in [1.29, 1.82) is 0 Å². The first-order valence-corrected chi connectivity index (χ1v) is 8.05. The first kappa shape index (κ1) is 13.9. The molecule has 102 valence electrons. The molecule has 0 aliphatic heterocycles. The Morgan fingerprint density at radius 2 is 2.21 bits per heavy atom. The van der Waals surface area contributed by atoms with Gasteiger partial charge >= 0.3 is 0 Å². The summed E-state index contributed by atoms with van der Waals surface area (Å²) < 4.78 is 26.6. The van der Waals surface area contributed by atoms with Gasteiger partial charge in [0.15, 0.2) is 0 Å². The first-order valence-electron chi connectivity index (χ1n) is 5.62. The molecule has 0 radical (unpaired) electrons. The van der Waals surface area contributed by atoms with E-state index in [1.807, 2.05) is 5.38 Å². The highest BCUT2D eigenvalue weighted by Gasteiger charge is 2.14. The van der Waals surface area contributed by atoms with Gasteiger partial charge in [0.25, 0.3) is 0 Å². The molecule has 0 saturated carbocycles. The zero-order valence-corrected chi connectivity index (χ0v) is 12.0. The molecular formula is C11H14N4O2S2. The van der Waals surface area contributed by atoms with Gasteiger partial charge < -0.3 is 5.32 Å². The highest BCUT2D eigenvalue weighted by atomic mass is 32.2. The van der Waals surface area contributed by atoms with E-state index in [2.05, 4.69) is 20.0 Å². The quantitative estimate of drug-likeness (QED) is 0.834. The molecule has 2 aromatic rings. The molecule has 0 unspecified atom stereocenters. The van der Waals surface area contributed by atoms with Gasteiger partial charge in [-0.05, 0) is 6.07 Å². The Morgan fingerprint density at radius 3 is 2.89 bits per heavy atom. The van der Waals surface area contributed by atoms with Gasteiger partial charge in [-0.25, -0.2) is 23.1 Å². The van der Waals surface area contributed by atoms with Crippen LogP contribution in [0.25, 0.3) is 0 Å². The fourth-order valence-electron chi connectivity index (χ4n) is 1.47. The smallest absolute Gasteiger partial charge is 0.240 e. The molecule has 0 spiro atoms. The fourth-order valence-corrected chi connectivity index (χ4v) is 3.11. The maximum absolute atomic E-state index is 12.0. The highest BCUT2D eigenvalue weighted by Crippen LogP contribution is 2.12. The van der Waals surface area contributed by atoms with E-state index in [-0.39, 0.29) is 4.90 Å². The van der Waals surface area contributed by atoms with E-state index in [9.17, 15) is 8.42 Å². The van der Waals surface area contributed by atoms with Crippen molar-refractivity contribution in [3.8, 4) is 0 Å². The maximum Gasteiger partial charge on any atom is 0.240 e. The SMILES string of the molecule is CNc1cc(S(=O)(=O)NCCc2cscn2)ccn1. The summed E-state index contributed by atoms with van der Waals surface area (Å²) in [5.74, 6) is 0.516. The van der Waals surface area contributed by atoms with E-state index < -0.39 is 10.0 Å². The van der Waals surface area contributed by atoms with E-state index in [0.29, 0.717) is 18.8 Å². The number of rotatable bonds is 6. The Hall–Kier alpha value is -1.51. The van der Waals surface area contributed by atoms with Gasteiger partial charge in [-0.3, -0.25) is 0 Å². The summed E-state index contributed by atoms with van der Waals surface area (Å²) in [7, 11) is -1.81. The Bertz CT molecular complexity index is 626. The second-order valence-electron chi connectivity index (χ2n) is 3.75. The van der Waals surface area contributed by atoms with Crippen molar-refractivity contribution in [3.05, 3.63) is 34.9 Å². The number of aromatic nitrogens is 2. The largest absolute Gasteiger partial charge is 0.373 e. The molecule has 2 N–H and O–H groups in total. The Labute approximate surface area is 116 Å². The van der Waals surface area contributed by atoms with Gasteiger partial charge in [0.1, 0.15) is 5.82 Å². The van der Waals surface area contributed by atoms with Crippen molar-refractivity contribution in [2.75, 3.05) is 18.9 Å². The lowest BCUT2D eigenvalue weighted by molar-refractivity contribution is 0.581. The second kappa shape index (κ2) is 6.09. The van der Waals surface area contributed by atoms with Crippen LogP contribution in [-0.2, 0) is 16.4 Å². The third-order valence-corrected chi connectivity index (χ3v) is 4.55. The number of hydrogen-bond acceptors (Lipinski definition) is 6. The molecule has 6 nitrogen and oxygen atoms in total. The van der Waals surface area contributed by atoms with Crippen LogP contribution in [-0.4, -0.2) is 32.0 Å². The number of thiazole rings is 1. The van der Waals surface area contributed by atoms with E-state index >= 15 is 0 Å². The number of hydrogen-bond donors (Lipinski definition) is 2. The van der Waals surface area contributed by atoms with Gasteiger partial charge in [0.2, 0.25) is 10.0 Å². The van der Waals surface area contributed by atoms with Crippen molar-refractivity contribution >= 4 is 27.2 Å². The highest BCUT2D eigenvalue weighted by molar-refractivity contribution is 7.89. The van der Waals surface area contributed by atoms with Gasteiger partial charge in [-0.15, -0.1) is 11.3 Å². The molecule has 19 heavy (non-hydrogen) atoms. The molecule has 0 aliphatic rings. The summed E-state index contributed by atoms with van der Waals surface area (Å²) in [6.45, 7) is 0.323. The van der Waals surface area contributed by atoms with Crippen molar-refractivity contribution in [3.63, 3.8) is 0 Å². The lowest BCUT2D eigenvalue weighted by Crippen LogP contribution is -2.26. The molecular weight excluding hydrogens is 284 g/mol. The molecule has 0 fully saturated rings. The topological polar surface area (TPSA) is 84.0 Å². The minimum absolute atomic E-state index is 0.199. The first-order chi connectivity index (χ1) is 9.12. The van der Waals surface area contributed by atoms with Crippen LogP contribution in [0.2, 0.25) is 0 Å². The number of nitrogens with zero attached hydrogens (tertiary/aromatic N) is 2. The molecule has 2 heterocycles. The molecule has 0 aromatic carbocycles. The Morgan fingerprint density at radius 1 is 1.37 bits per heavy atom. The van der Waals surface area contributed by atoms with E-state index in [4.69, 9.17) is 0 Å². The van der Waals surface area contributed by atoms with E-state index in [1.165, 1.54) is 29.7 Å². The zero-order chi connectivity index (χ0) is 13.7. The van der Waals surface area contributed by atoms with Gasteiger partial charge in [-0.2, -0.15) is 0 Å². The third kappa shape index (κ3) is 3.72. The van der Waals surface area contributed by atoms with Crippen LogP contribution >= 0.6 is 11.3 Å². The van der Waals surface area contributed by atoms with Crippen LogP contribution in [0.4, 0.5) is 5.82 Å². The normalized spacial score (nSPS) is 11.4. The van der Waals surface area contributed by atoms with Crippen LogP contribution in [0.3, 0.4) is 0 Å². The molecule has 2 rings (SSSR count). The number of sulfonamides is 1. The molecule has 2 aromatic heterocycles. The molecule has 0 aliphatic carbocycles. The average Bonchev–Trinajstić information content (AvgIpc) is 2.92. The molecule has 8 heteroatoms. The summed E-state index contributed by atoms with van der Waals surface area (Å²) in [4.78, 5) is 8.28. The van der Waals surface area contributed by atoms with Crippen molar-refractivity contribution < 1.29 is 8.42 Å². The summed E-state index contributed by atoms with van der Waals surface area (Å²) in [6, 6.07) is 2.96. The molecule has 0 saturated heterocycles. The van der Waals surface area contributed by atoms with Gasteiger partial charge in [-0.1, -0.05) is 0 Å². The van der Waals surface area contributed by atoms with Crippen LogP contribution in [0.1, 0.15) is 5.69 Å². The predicted octanol–water partition coefficient (Wildman–Crippen LogP) is 1.10. The van der Waals surface area contributed by atoms with Crippen LogP contribution in [0, 0.1) is 0 Å². The summed E-state index contributed by atoms with van der Waals surface area (Å²) >= 11 is 1.49. The zero-order valence-electron chi connectivity index (χ0n) is 10.3. The Kier molecular flexibility index (Phi) is 4.46. The van der Waals surface area contributed by atoms with E-state index in [0.717, 1.165) is 5.69 Å². The molecule has 0 atom stereocenters. The van der Waals surface area contributed by atoms with Gasteiger partial charge in [0.05, 0.1) is 16.1 Å². The van der Waals surface area contributed by atoms with Crippen LogP contribution in [0.15, 0.2) is 34.1 Å². The lowest BCUT2D eigenvalue weighted by Gasteiger charge is -2.07. The minimum Gasteiger partial charge on any atom is -0.373 e. The average molecular weight is 298 g/mol. The predicted molar refractivity (Wildman–Crippen MR) is 74.8 cm³/mol. The van der Waals surface area contributed by atoms with Crippen LogP contribution in [0.5, 0.6) is 0 Å². The minimum atomic E-state index is -3.50. The Balaban J connectivity index is 2.01. The number of anilines is 1. The van der Waals surface area contributed by atoms with Crippen molar-refractivity contribution in [2.45, 2.75) is 11.3 Å². The van der Waals surface area contributed by atoms with Gasteiger partial charge in [0, 0.05) is 37.7 Å². The molecule has 0 amide bonds. The monoisotopic (exact) mass is 298 g/mol.